The number of hydrogen-bond acceptors (Lipinski definition) is 1. The first kappa shape index (κ1) is 12.2. The van der Waals surface area contributed by atoms with Crippen molar-refractivity contribution in [2.45, 2.75) is 38.7 Å². The zero-order chi connectivity index (χ0) is 9.94. The summed E-state index contributed by atoms with van der Waals surface area (Å²) < 4.78 is 0. The molecule has 0 saturated carbocycles. The SMILES string of the molecule is C=CC=CC=CCCC(O)CCC. The lowest BCUT2D eigenvalue weighted by Gasteiger charge is -2.05. The molecule has 0 amide bonds. The normalized spacial score (nSPS) is 14.0. The van der Waals surface area contributed by atoms with Crippen LogP contribution in [0.5, 0.6) is 0 Å². The van der Waals surface area contributed by atoms with E-state index < -0.39 is 0 Å². The number of hydrogen-bond donors (Lipinski definition) is 1. The van der Waals surface area contributed by atoms with Gasteiger partial charge in [-0.05, 0) is 19.3 Å². The third-order valence-corrected chi connectivity index (χ3v) is 1.78. The lowest BCUT2D eigenvalue weighted by molar-refractivity contribution is 0.155. The molecule has 74 valence electrons. The van der Waals surface area contributed by atoms with E-state index in [0.29, 0.717) is 0 Å². The maximum atomic E-state index is 9.38. The lowest BCUT2D eigenvalue weighted by atomic mass is 10.1. The minimum absolute atomic E-state index is 0.127. The number of aliphatic hydroxyl groups is 1. The Morgan fingerprint density at radius 2 is 2.00 bits per heavy atom. The molecule has 1 atom stereocenters. The Morgan fingerprint density at radius 1 is 1.23 bits per heavy atom. The molecule has 0 spiro atoms. The van der Waals surface area contributed by atoms with Crippen LogP contribution in [0.3, 0.4) is 0 Å². The molecule has 0 aliphatic carbocycles. The number of aliphatic hydroxyl groups excluding tert-OH is 1. The molecule has 0 aromatic rings. The fourth-order valence-electron chi connectivity index (χ4n) is 1.08. The first-order chi connectivity index (χ1) is 6.31. The summed E-state index contributed by atoms with van der Waals surface area (Å²) in [5, 5.41) is 9.38. The summed E-state index contributed by atoms with van der Waals surface area (Å²) in [5.74, 6) is 0. The topological polar surface area (TPSA) is 20.2 Å². The summed E-state index contributed by atoms with van der Waals surface area (Å²) in [4.78, 5) is 0. The predicted molar refractivity (Wildman–Crippen MR) is 58.6 cm³/mol. The van der Waals surface area contributed by atoms with Crippen molar-refractivity contribution < 1.29 is 5.11 Å². The Bertz CT molecular complexity index is 168. The first-order valence-electron chi connectivity index (χ1n) is 4.93. The number of allylic oxidation sites excluding steroid dienone is 5. The second kappa shape index (κ2) is 9.27. The molecule has 1 nitrogen and oxygen atoms in total. The van der Waals surface area contributed by atoms with Gasteiger partial charge >= 0.3 is 0 Å². The molecule has 1 unspecified atom stereocenters. The monoisotopic (exact) mass is 180 g/mol. The van der Waals surface area contributed by atoms with Crippen LogP contribution in [0.4, 0.5) is 0 Å². The van der Waals surface area contributed by atoms with E-state index in [9.17, 15) is 5.11 Å². The van der Waals surface area contributed by atoms with Crippen molar-refractivity contribution in [3.05, 3.63) is 37.0 Å². The summed E-state index contributed by atoms with van der Waals surface area (Å²) in [6.07, 6.45) is 13.3. The molecular weight excluding hydrogens is 160 g/mol. The highest BCUT2D eigenvalue weighted by molar-refractivity contribution is 5.08. The van der Waals surface area contributed by atoms with E-state index in [1.54, 1.807) is 6.08 Å². The Balaban J connectivity index is 3.37. The molecule has 0 aliphatic rings. The summed E-state index contributed by atoms with van der Waals surface area (Å²) in [7, 11) is 0. The molecule has 0 fully saturated rings. The molecule has 0 aromatic carbocycles. The Morgan fingerprint density at radius 3 is 2.62 bits per heavy atom. The molecule has 13 heavy (non-hydrogen) atoms. The average Bonchev–Trinajstić information content (AvgIpc) is 2.11. The van der Waals surface area contributed by atoms with Gasteiger partial charge < -0.3 is 5.11 Å². The standard InChI is InChI=1S/C12H20O/c1-3-5-6-7-8-9-11-12(13)10-4-2/h3,5-8,12-13H,1,4,9-11H2,2H3. The van der Waals surface area contributed by atoms with Crippen molar-refractivity contribution in [3.8, 4) is 0 Å². The van der Waals surface area contributed by atoms with Crippen molar-refractivity contribution in [2.24, 2.45) is 0 Å². The number of rotatable bonds is 7. The highest BCUT2D eigenvalue weighted by atomic mass is 16.3. The quantitative estimate of drug-likeness (QED) is 0.596. The fraction of sp³-hybridized carbons (Fsp3) is 0.500. The van der Waals surface area contributed by atoms with Crippen molar-refractivity contribution in [1.82, 2.24) is 0 Å². The molecule has 0 bridgehead atoms. The van der Waals surface area contributed by atoms with Crippen LogP contribution in [-0.4, -0.2) is 11.2 Å². The predicted octanol–water partition coefficient (Wildman–Crippen LogP) is 3.23. The second-order valence-electron chi connectivity index (χ2n) is 3.07. The van der Waals surface area contributed by atoms with Gasteiger partial charge in [0.2, 0.25) is 0 Å². The minimum atomic E-state index is -0.127. The Kier molecular flexibility index (Phi) is 8.68. The maximum Gasteiger partial charge on any atom is 0.0543 e. The Hall–Kier alpha value is -0.820. The Labute approximate surface area is 81.5 Å². The highest BCUT2D eigenvalue weighted by Gasteiger charge is 1.98. The molecule has 0 rings (SSSR count). The van der Waals surface area contributed by atoms with Crippen LogP contribution in [0.1, 0.15) is 32.6 Å². The van der Waals surface area contributed by atoms with E-state index in [4.69, 9.17) is 0 Å². The van der Waals surface area contributed by atoms with Gasteiger partial charge in [-0.3, -0.25) is 0 Å². The van der Waals surface area contributed by atoms with Crippen molar-refractivity contribution >= 4 is 0 Å². The van der Waals surface area contributed by atoms with Gasteiger partial charge in [-0.15, -0.1) is 0 Å². The van der Waals surface area contributed by atoms with Crippen LogP contribution in [0.2, 0.25) is 0 Å². The molecule has 1 heteroatoms. The van der Waals surface area contributed by atoms with Crippen LogP contribution in [0.25, 0.3) is 0 Å². The molecular formula is C12H20O. The van der Waals surface area contributed by atoms with Gasteiger partial charge in [-0.2, -0.15) is 0 Å². The van der Waals surface area contributed by atoms with E-state index in [0.717, 1.165) is 25.7 Å². The van der Waals surface area contributed by atoms with Gasteiger partial charge in [0.25, 0.3) is 0 Å². The smallest absolute Gasteiger partial charge is 0.0543 e. The van der Waals surface area contributed by atoms with E-state index in [-0.39, 0.29) is 6.10 Å². The lowest BCUT2D eigenvalue weighted by Crippen LogP contribution is -2.04. The third kappa shape index (κ3) is 9.09. The van der Waals surface area contributed by atoms with Crippen LogP contribution in [0.15, 0.2) is 37.0 Å². The first-order valence-corrected chi connectivity index (χ1v) is 4.93. The minimum Gasteiger partial charge on any atom is -0.393 e. The van der Waals surface area contributed by atoms with E-state index in [1.165, 1.54) is 0 Å². The fourth-order valence-corrected chi connectivity index (χ4v) is 1.08. The van der Waals surface area contributed by atoms with Gasteiger partial charge in [-0.25, -0.2) is 0 Å². The van der Waals surface area contributed by atoms with Crippen LogP contribution in [-0.2, 0) is 0 Å². The van der Waals surface area contributed by atoms with Crippen molar-refractivity contribution in [2.75, 3.05) is 0 Å². The van der Waals surface area contributed by atoms with Crippen LogP contribution < -0.4 is 0 Å². The van der Waals surface area contributed by atoms with Gasteiger partial charge in [0.1, 0.15) is 0 Å². The van der Waals surface area contributed by atoms with E-state index in [1.807, 2.05) is 18.2 Å². The highest BCUT2D eigenvalue weighted by Crippen LogP contribution is 2.04. The average molecular weight is 180 g/mol. The summed E-state index contributed by atoms with van der Waals surface area (Å²) in [6, 6.07) is 0. The zero-order valence-corrected chi connectivity index (χ0v) is 8.45. The molecule has 0 heterocycles. The second-order valence-corrected chi connectivity index (χ2v) is 3.07. The summed E-state index contributed by atoms with van der Waals surface area (Å²) in [5.41, 5.74) is 0. The molecule has 1 N–H and O–H groups in total. The summed E-state index contributed by atoms with van der Waals surface area (Å²) >= 11 is 0. The van der Waals surface area contributed by atoms with E-state index in [2.05, 4.69) is 19.6 Å². The molecule has 0 radical (unpaired) electrons. The maximum absolute atomic E-state index is 9.38. The van der Waals surface area contributed by atoms with Gasteiger partial charge in [0.15, 0.2) is 0 Å². The van der Waals surface area contributed by atoms with Crippen LogP contribution >= 0.6 is 0 Å². The molecule has 0 aliphatic heterocycles. The molecule has 0 saturated heterocycles. The van der Waals surface area contributed by atoms with Crippen LogP contribution in [0, 0.1) is 0 Å². The third-order valence-electron chi connectivity index (χ3n) is 1.78. The summed E-state index contributed by atoms with van der Waals surface area (Å²) in [6.45, 7) is 5.66. The zero-order valence-electron chi connectivity index (χ0n) is 8.45. The van der Waals surface area contributed by atoms with Gasteiger partial charge in [0, 0.05) is 0 Å². The largest absolute Gasteiger partial charge is 0.393 e. The molecule has 0 aromatic heterocycles. The van der Waals surface area contributed by atoms with Crippen molar-refractivity contribution in [3.63, 3.8) is 0 Å². The van der Waals surface area contributed by atoms with Gasteiger partial charge in [0.05, 0.1) is 6.10 Å². The van der Waals surface area contributed by atoms with Gasteiger partial charge in [-0.1, -0.05) is 50.3 Å². The van der Waals surface area contributed by atoms with E-state index >= 15 is 0 Å². The van der Waals surface area contributed by atoms with Crippen molar-refractivity contribution in [1.29, 1.82) is 0 Å².